The van der Waals surface area contributed by atoms with Crippen LogP contribution < -0.4 is 21.3 Å². The zero-order valence-corrected chi connectivity index (χ0v) is 23.1. The van der Waals surface area contributed by atoms with Crippen LogP contribution in [0.2, 0.25) is 10.0 Å². The third-order valence-electron chi connectivity index (χ3n) is 6.55. The van der Waals surface area contributed by atoms with Crippen LogP contribution >= 0.6 is 23.2 Å². The first-order valence-corrected chi connectivity index (χ1v) is 13.4. The lowest BCUT2D eigenvalue weighted by molar-refractivity contribution is -0.139. The van der Waals surface area contributed by atoms with E-state index in [9.17, 15) is 24.3 Å². The van der Waals surface area contributed by atoms with Crippen LogP contribution in [0.25, 0.3) is 0 Å². The molecule has 11 heteroatoms. The van der Waals surface area contributed by atoms with Gasteiger partial charge in [-0.3, -0.25) is 9.59 Å². The van der Waals surface area contributed by atoms with E-state index in [0.29, 0.717) is 0 Å². The third kappa shape index (κ3) is 7.11. The average molecular weight is 583 g/mol. The van der Waals surface area contributed by atoms with E-state index in [2.05, 4.69) is 21.3 Å². The highest BCUT2D eigenvalue weighted by molar-refractivity contribution is 6.41. The van der Waals surface area contributed by atoms with Gasteiger partial charge in [-0.15, -0.1) is 0 Å². The van der Waals surface area contributed by atoms with Gasteiger partial charge in [-0.05, 0) is 48.6 Å². The molecule has 0 heterocycles. The van der Waals surface area contributed by atoms with Crippen molar-refractivity contribution in [2.75, 3.05) is 11.9 Å². The number of carbonyl (C=O) groups is 4. The molecule has 1 aliphatic rings. The van der Waals surface area contributed by atoms with Gasteiger partial charge in [-0.2, -0.15) is 0 Å². The summed E-state index contributed by atoms with van der Waals surface area (Å²) in [7, 11) is 0. The smallest absolute Gasteiger partial charge is 0.328 e. The summed E-state index contributed by atoms with van der Waals surface area (Å²) in [4.78, 5) is 50.0. The highest BCUT2D eigenvalue weighted by Crippen LogP contribution is 2.32. The molecule has 0 saturated heterocycles. The standard InChI is InChI=1S/C29H28Cl2N4O5/c1-16-5-4-6-17(13-16)14-24(36)33-22-12-10-20(30)25(26(22)31)27(37)34-23(28(38)39)15-32-29(40)35-21-11-9-18-7-2-3-8-19(18)21/h2-8,10,12-13,21,23H,9,11,14-15H2,1H3,(H,33,36)(H,34,37)(H,38,39)(H2,32,35,40)/t21-,23+/m1/s1. The molecular weight excluding hydrogens is 555 g/mol. The number of amides is 4. The van der Waals surface area contributed by atoms with Crippen LogP contribution in [0.15, 0.2) is 60.7 Å². The van der Waals surface area contributed by atoms with Crippen LogP contribution in [0, 0.1) is 6.92 Å². The Labute approximate surface area is 241 Å². The van der Waals surface area contributed by atoms with Crippen molar-refractivity contribution in [1.29, 1.82) is 0 Å². The van der Waals surface area contributed by atoms with E-state index in [1.54, 1.807) is 0 Å². The number of aryl methyl sites for hydroxylation is 2. The van der Waals surface area contributed by atoms with Gasteiger partial charge in [-0.25, -0.2) is 9.59 Å². The molecule has 5 N–H and O–H groups in total. The first-order chi connectivity index (χ1) is 19.1. The van der Waals surface area contributed by atoms with Crippen molar-refractivity contribution in [3.05, 3.63) is 98.5 Å². The van der Waals surface area contributed by atoms with Crippen molar-refractivity contribution >= 4 is 52.7 Å². The molecule has 0 aromatic heterocycles. The SMILES string of the molecule is Cc1cccc(CC(=O)Nc2ccc(Cl)c(C(=O)N[C@@H](CNC(=O)N[C@@H]3CCc4ccccc43)C(=O)O)c2Cl)c1. The normalized spacial score (nSPS) is 14.5. The van der Waals surface area contributed by atoms with Crippen LogP contribution in [0.1, 0.15) is 45.1 Å². The molecule has 4 rings (SSSR count). The molecule has 0 fully saturated rings. The fraction of sp³-hybridized carbons (Fsp3) is 0.241. The van der Waals surface area contributed by atoms with Crippen LogP contribution in [0.5, 0.6) is 0 Å². The summed E-state index contributed by atoms with van der Waals surface area (Å²) in [5, 5.41) is 19.8. The minimum absolute atomic E-state index is 0.0334. The molecule has 4 amide bonds. The monoisotopic (exact) mass is 582 g/mol. The summed E-state index contributed by atoms with van der Waals surface area (Å²) in [6.45, 7) is 1.53. The fourth-order valence-electron chi connectivity index (χ4n) is 4.60. The number of aliphatic carboxylic acids is 1. The molecule has 0 unspecified atom stereocenters. The van der Waals surface area contributed by atoms with Gasteiger partial charge < -0.3 is 26.4 Å². The Morgan fingerprint density at radius 1 is 1.02 bits per heavy atom. The van der Waals surface area contributed by atoms with E-state index < -0.39 is 23.9 Å². The maximum absolute atomic E-state index is 13.0. The first-order valence-electron chi connectivity index (χ1n) is 12.6. The lowest BCUT2D eigenvalue weighted by atomic mass is 10.1. The predicted octanol–water partition coefficient (Wildman–Crippen LogP) is 4.65. The number of hydrogen-bond acceptors (Lipinski definition) is 4. The minimum atomic E-state index is -1.47. The average Bonchev–Trinajstić information content (AvgIpc) is 3.30. The molecule has 0 saturated carbocycles. The number of hydrogen-bond donors (Lipinski definition) is 5. The van der Waals surface area contributed by atoms with Gasteiger partial charge >= 0.3 is 12.0 Å². The summed E-state index contributed by atoms with van der Waals surface area (Å²) in [5.74, 6) is -2.59. The molecule has 0 spiro atoms. The van der Waals surface area contributed by atoms with Crippen molar-refractivity contribution in [3.8, 4) is 0 Å². The van der Waals surface area contributed by atoms with Gasteiger partial charge in [0, 0.05) is 0 Å². The van der Waals surface area contributed by atoms with Crippen LogP contribution in [-0.4, -0.2) is 41.5 Å². The highest BCUT2D eigenvalue weighted by atomic mass is 35.5. The predicted molar refractivity (Wildman–Crippen MR) is 153 cm³/mol. The molecule has 2 atom stereocenters. The fourth-order valence-corrected chi connectivity index (χ4v) is 5.19. The van der Waals surface area contributed by atoms with Gasteiger partial charge in [0.25, 0.3) is 5.91 Å². The second kappa shape index (κ2) is 12.8. The Morgan fingerprint density at radius 3 is 2.55 bits per heavy atom. The lowest BCUT2D eigenvalue weighted by Gasteiger charge is -2.19. The largest absolute Gasteiger partial charge is 0.480 e. The van der Waals surface area contributed by atoms with Crippen molar-refractivity contribution in [3.63, 3.8) is 0 Å². The zero-order chi connectivity index (χ0) is 28.8. The number of rotatable bonds is 9. The van der Waals surface area contributed by atoms with Crippen LogP contribution in [0.3, 0.4) is 0 Å². The molecule has 1 aliphatic carbocycles. The molecule has 0 radical (unpaired) electrons. The molecule has 0 aliphatic heterocycles. The van der Waals surface area contributed by atoms with Crippen molar-refractivity contribution < 1.29 is 24.3 Å². The Hall–Kier alpha value is -4.08. The number of nitrogens with one attached hydrogen (secondary N) is 4. The van der Waals surface area contributed by atoms with Crippen molar-refractivity contribution in [2.24, 2.45) is 0 Å². The van der Waals surface area contributed by atoms with Crippen molar-refractivity contribution in [2.45, 2.75) is 38.3 Å². The van der Waals surface area contributed by atoms with E-state index in [1.165, 1.54) is 12.1 Å². The van der Waals surface area contributed by atoms with E-state index in [1.807, 2.05) is 55.5 Å². The van der Waals surface area contributed by atoms with Crippen LogP contribution in [-0.2, 0) is 22.4 Å². The second-order valence-electron chi connectivity index (χ2n) is 9.51. The molecule has 208 valence electrons. The molecule has 9 nitrogen and oxygen atoms in total. The molecule has 0 bridgehead atoms. The summed E-state index contributed by atoms with van der Waals surface area (Å²) >= 11 is 12.6. The maximum atomic E-state index is 13.0. The molecule has 40 heavy (non-hydrogen) atoms. The highest BCUT2D eigenvalue weighted by Gasteiger charge is 2.27. The zero-order valence-electron chi connectivity index (χ0n) is 21.6. The Bertz CT molecular complexity index is 1460. The number of anilines is 1. The summed E-state index contributed by atoms with van der Waals surface area (Å²) in [5.41, 5.74) is 3.95. The van der Waals surface area contributed by atoms with Gasteiger partial charge in [0.05, 0.1) is 40.3 Å². The number of carboxylic acid groups (broad SMARTS) is 1. The topological polar surface area (TPSA) is 137 Å². The molecule has 3 aromatic carbocycles. The Morgan fingerprint density at radius 2 is 1.80 bits per heavy atom. The molecular formula is C29H28Cl2N4O5. The Kier molecular flexibility index (Phi) is 9.29. The van der Waals surface area contributed by atoms with Gasteiger partial charge in [0.15, 0.2) is 0 Å². The van der Waals surface area contributed by atoms with E-state index in [0.717, 1.165) is 35.1 Å². The number of urea groups is 1. The summed E-state index contributed by atoms with van der Waals surface area (Å²) in [6, 6.07) is 15.9. The molecule has 3 aromatic rings. The van der Waals surface area contributed by atoms with E-state index in [-0.39, 0.29) is 46.2 Å². The van der Waals surface area contributed by atoms with Crippen molar-refractivity contribution in [1.82, 2.24) is 16.0 Å². The first kappa shape index (κ1) is 28.9. The summed E-state index contributed by atoms with van der Waals surface area (Å²) in [6.07, 6.45) is 1.66. The number of carboxylic acids is 1. The number of benzene rings is 3. The maximum Gasteiger partial charge on any atom is 0.328 e. The van der Waals surface area contributed by atoms with E-state index in [4.69, 9.17) is 23.2 Å². The Balaban J connectivity index is 1.38. The quantitative estimate of drug-likeness (QED) is 0.250. The number of halogens is 2. The third-order valence-corrected chi connectivity index (χ3v) is 7.26. The van der Waals surface area contributed by atoms with Gasteiger partial charge in [0.1, 0.15) is 6.04 Å². The summed E-state index contributed by atoms with van der Waals surface area (Å²) < 4.78 is 0. The second-order valence-corrected chi connectivity index (χ2v) is 10.3. The number of carbonyl (C=O) groups excluding carboxylic acids is 3. The van der Waals surface area contributed by atoms with E-state index >= 15 is 0 Å². The van der Waals surface area contributed by atoms with Gasteiger partial charge in [0.2, 0.25) is 5.91 Å². The van der Waals surface area contributed by atoms with Gasteiger partial charge in [-0.1, -0.05) is 77.3 Å². The van der Waals surface area contributed by atoms with Crippen LogP contribution in [0.4, 0.5) is 10.5 Å². The number of fused-ring (bicyclic) bond motifs is 1. The lowest BCUT2D eigenvalue weighted by Crippen LogP contribution is -2.50. The minimum Gasteiger partial charge on any atom is -0.480 e.